The van der Waals surface area contributed by atoms with E-state index < -0.39 is 0 Å². The highest BCUT2D eigenvalue weighted by atomic mass is 15.2. The highest BCUT2D eigenvalue weighted by molar-refractivity contribution is 5.93. The maximum atomic E-state index is 5.69. The fourth-order valence-electron chi connectivity index (χ4n) is 2.94. The molecule has 1 aromatic carbocycles. The van der Waals surface area contributed by atoms with Crippen molar-refractivity contribution in [3.05, 3.63) is 30.0 Å². The molecule has 3 rings (SSSR count). The van der Waals surface area contributed by atoms with Gasteiger partial charge in [0, 0.05) is 29.9 Å². The second-order valence-corrected chi connectivity index (χ2v) is 5.45. The van der Waals surface area contributed by atoms with Crippen molar-refractivity contribution in [1.29, 1.82) is 0 Å². The number of fused-ring (bicyclic) bond motifs is 1. The molecule has 1 aromatic heterocycles. The van der Waals surface area contributed by atoms with Gasteiger partial charge in [0.1, 0.15) is 0 Å². The molecule has 1 aliphatic rings. The minimum atomic E-state index is 0.972. The number of aromatic nitrogens is 1. The van der Waals surface area contributed by atoms with E-state index in [4.69, 9.17) is 10.8 Å². The van der Waals surface area contributed by atoms with Crippen LogP contribution in [0.3, 0.4) is 0 Å². The maximum absolute atomic E-state index is 5.69. The predicted octanol–water partition coefficient (Wildman–Crippen LogP) is 3.07. The molecule has 1 saturated heterocycles. The lowest BCUT2D eigenvalue weighted by Crippen LogP contribution is -2.17. The van der Waals surface area contributed by atoms with E-state index in [1.165, 1.54) is 18.5 Å². The zero-order valence-electron chi connectivity index (χ0n) is 12.0. The Hall–Kier alpha value is -1.81. The van der Waals surface area contributed by atoms with E-state index in [1.807, 2.05) is 0 Å². The van der Waals surface area contributed by atoms with E-state index in [1.54, 1.807) is 0 Å². The fraction of sp³-hybridized carbons (Fsp3) is 0.438. The molecule has 2 aromatic rings. The van der Waals surface area contributed by atoms with Crippen LogP contribution in [0.25, 0.3) is 10.9 Å². The van der Waals surface area contributed by atoms with E-state index >= 15 is 0 Å². The van der Waals surface area contributed by atoms with Crippen molar-refractivity contribution >= 4 is 22.3 Å². The van der Waals surface area contributed by atoms with Crippen molar-refractivity contribution < 1.29 is 0 Å². The van der Waals surface area contributed by atoms with Crippen LogP contribution < -0.4 is 16.2 Å². The Bertz CT molecular complexity index is 603. The number of hydrogen-bond acceptors (Lipinski definition) is 4. The quantitative estimate of drug-likeness (QED) is 0.662. The average molecular weight is 270 g/mol. The van der Waals surface area contributed by atoms with Crippen LogP contribution in [0.2, 0.25) is 0 Å². The van der Waals surface area contributed by atoms with Gasteiger partial charge < -0.3 is 10.3 Å². The van der Waals surface area contributed by atoms with Gasteiger partial charge in [0.25, 0.3) is 0 Å². The topological polar surface area (TPSA) is 54.2 Å². The molecule has 1 aliphatic heterocycles. The average Bonchev–Trinajstić information content (AvgIpc) is 3.00. The Morgan fingerprint density at radius 1 is 1.25 bits per heavy atom. The molecule has 4 heteroatoms. The molecular weight excluding hydrogens is 248 g/mol. The molecule has 0 saturated carbocycles. The van der Waals surface area contributed by atoms with E-state index in [0.717, 1.165) is 48.2 Å². The lowest BCUT2D eigenvalue weighted by atomic mass is 10.1. The zero-order valence-corrected chi connectivity index (χ0v) is 12.0. The molecule has 0 atom stereocenters. The number of nitrogens with zero attached hydrogens (tertiary/aromatic N) is 2. The number of anilines is 2. The number of pyridine rings is 1. The largest absolute Gasteiger partial charge is 0.372 e. The molecule has 20 heavy (non-hydrogen) atoms. The molecule has 106 valence electrons. The van der Waals surface area contributed by atoms with Crippen LogP contribution in [0, 0.1) is 0 Å². The van der Waals surface area contributed by atoms with E-state index in [2.05, 4.69) is 41.5 Å². The second-order valence-electron chi connectivity index (χ2n) is 5.45. The van der Waals surface area contributed by atoms with Gasteiger partial charge >= 0.3 is 0 Å². The molecule has 0 unspecified atom stereocenters. The van der Waals surface area contributed by atoms with E-state index in [9.17, 15) is 0 Å². The van der Waals surface area contributed by atoms with Gasteiger partial charge in [-0.2, -0.15) is 0 Å². The predicted molar refractivity (Wildman–Crippen MR) is 85.0 cm³/mol. The SMILES string of the molecule is CCCc1cc(NN)c2cc(N3CCCC3)ccc2n1. The molecule has 0 bridgehead atoms. The maximum Gasteiger partial charge on any atom is 0.0728 e. The second kappa shape index (κ2) is 5.67. The summed E-state index contributed by atoms with van der Waals surface area (Å²) in [6.45, 7) is 4.47. The highest BCUT2D eigenvalue weighted by Crippen LogP contribution is 2.29. The van der Waals surface area contributed by atoms with Crippen molar-refractivity contribution in [1.82, 2.24) is 4.98 Å². The number of hydrogen-bond donors (Lipinski definition) is 2. The third kappa shape index (κ3) is 2.43. The van der Waals surface area contributed by atoms with Crippen molar-refractivity contribution in [2.45, 2.75) is 32.6 Å². The van der Waals surface area contributed by atoms with Crippen LogP contribution in [0.1, 0.15) is 31.9 Å². The number of hydrazine groups is 1. The fourth-order valence-corrected chi connectivity index (χ4v) is 2.94. The van der Waals surface area contributed by atoms with Crippen LogP contribution in [-0.4, -0.2) is 18.1 Å². The summed E-state index contributed by atoms with van der Waals surface area (Å²) in [6.07, 6.45) is 4.65. The molecule has 1 fully saturated rings. The molecule has 0 spiro atoms. The van der Waals surface area contributed by atoms with Crippen LogP contribution in [0.5, 0.6) is 0 Å². The standard InChI is InChI=1S/C16H22N4/c1-2-5-12-10-16(19-17)14-11-13(6-7-15(14)18-12)20-8-3-4-9-20/h6-7,10-11H,2-5,8-9,17H2,1H3,(H,18,19). The van der Waals surface area contributed by atoms with E-state index in [-0.39, 0.29) is 0 Å². The lowest BCUT2D eigenvalue weighted by molar-refractivity contribution is 0.890. The van der Waals surface area contributed by atoms with Crippen molar-refractivity contribution in [2.75, 3.05) is 23.4 Å². The summed E-state index contributed by atoms with van der Waals surface area (Å²) in [4.78, 5) is 7.16. The van der Waals surface area contributed by atoms with Gasteiger partial charge in [0.05, 0.1) is 11.2 Å². The first-order valence-corrected chi connectivity index (χ1v) is 7.47. The molecule has 0 aliphatic carbocycles. The molecule has 4 nitrogen and oxygen atoms in total. The van der Waals surface area contributed by atoms with Crippen molar-refractivity contribution in [3.8, 4) is 0 Å². The van der Waals surface area contributed by atoms with Crippen molar-refractivity contribution in [3.63, 3.8) is 0 Å². The summed E-state index contributed by atoms with van der Waals surface area (Å²) >= 11 is 0. The number of rotatable bonds is 4. The first kappa shape index (κ1) is 13.2. The smallest absolute Gasteiger partial charge is 0.0728 e. The van der Waals surface area contributed by atoms with E-state index in [0.29, 0.717) is 0 Å². The minimum Gasteiger partial charge on any atom is -0.372 e. The first-order chi connectivity index (χ1) is 9.81. The van der Waals surface area contributed by atoms with Gasteiger partial charge in [-0.25, -0.2) is 0 Å². The monoisotopic (exact) mass is 270 g/mol. The Labute approximate surface area is 120 Å². The molecular formula is C16H22N4. The summed E-state index contributed by atoms with van der Waals surface area (Å²) in [5.74, 6) is 5.69. The number of benzene rings is 1. The van der Waals surface area contributed by atoms with Crippen LogP contribution in [0.15, 0.2) is 24.3 Å². The van der Waals surface area contributed by atoms with Crippen LogP contribution in [-0.2, 0) is 6.42 Å². The third-order valence-corrected chi connectivity index (χ3v) is 3.98. The summed E-state index contributed by atoms with van der Waals surface area (Å²) in [6, 6.07) is 8.57. The Morgan fingerprint density at radius 3 is 2.75 bits per heavy atom. The molecule has 3 N–H and O–H groups in total. The van der Waals surface area contributed by atoms with Gasteiger partial charge in [-0.15, -0.1) is 0 Å². The van der Waals surface area contributed by atoms with Crippen LogP contribution in [0.4, 0.5) is 11.4 Å². The Balaban J connectivity index is 2.05. The summed E-state index contributed by atoms with van der Waals surface area (Å²) in [5, 5.41) is 1.11. The third-order valence-electron chi connectivity index (χ3n) is 3.98. The number of nitrogens with two attached hydrogens (primary N) is 1. The summed E-state index contributed by atoms with van der Waals surface area (Å²) in [7, 11) is 0. The minimum absolute atomic E-state index is 0.972. The van der Waals surface area contributed by atoms with Gasteiger partial charge in [-0.3, -0.25) is 10.8 Å². The summed E-state index contributed by atoms with van der Waals surface area (Å²) in [5.41, 5.74) is 7.19. The zero-order chi connectivity index (χ0) is 13.9. The van der Waals surface area contributed by atoms with Crippen molar-refractivity contribution in [2.24, 2.45) is 5.84 Å². The van der Waals surface area contributed by atoms with Gasteiger partial charge in [-0.05, 0) is 43.5 Å². The first-order valence-electron chi connectivity index (χ1n) is 7.47. The number of aryl methyl sites for hydroxylation is 1. The highest BCUT2D eigenvalue weighted by Gasteiger charge is 2.14. The van der Waals surface area contributed by atoms with Crippen LogP contribution >= 0.6 is 0 Å². The molecule has 0 amide bonds. The Kier molecular flexibility index (Phi) is 3.74. The molecule has 0 radical (unpaired) electrons. The van der Waals surface area contributed by atoms with Gasteiger partial charge in [-0.1, -0.05) is 13.3 Å². The Morgan fingerprint density at radius 2 is 2.05 bits per heavy atom. The lowest BCUT2D eigenvalue weighted by Gasteiger charge is -2.19. The summed E-state index contributed by atoms with van der Waals surface area (Å²) < 4.78 is 0. The van der Waals surface area contributed by atoms with Gasteiger partial charge in [0.2, 0.25) is 0 Å². The normalized spacial score (nSPS) is 15.0. The number of nitrogen functional groups attached to an aromatic ring is 1. The van der Waals surface area contributed by atoms with Gasteiger partial charge in [0.15, 0.2) is 0 Å². The molecule has 2 heterocycles. The number of nitrogens with one attached hydrogen (secondary N) is 1.